The number of aromatic amines is 1. The van der Waals surface area contributed by atoms with Gasteiger partial charge in [-0.25, -0.2) is 15.4 Å². The number of aromatic nitrogens is 3. The minimum atomic E-state index is -0.893. The molecule has 30 heavy (non-hydrogen) atoms. The third kappa shape index (κ3) is 3.23. The van der Waals surface area contributed by atoms with Crippen molar-refractivity contribution < 1.29 is 9.84 Å². The Morgan fingerprint density at radius 3 is 2.90 bits per heavy atom. The van der Waals surface area contributed by atoms with Crippen LogP contribution in [0.5, 0.6) is 0 Å². The Bertz CT molecular complexity index is 945. The predicted octanol–water partition coefficient (Wildman–Crippen LogP) is 2.20. The zero-order valence-electron chi connectivity index (χ0n) is 17.3. The third-order valence-corrected chi connectivity index (χ3v) is 6.65. The first kappa shape index (κ1) is 19.4. The van der Waals surface area contributed by atoms with Gasteiger partial charge in [0, 0.05) is 30.6 Å². The van der Waals surface area contributed by atoms with Crippen LogP contribution in [0.15, 0.2) is 18.3 Å². The van der Waals surface area contributed by atoms with Crippen LogP contribution in [0, 0.1) is 18.3 Å². The highest BCUT2D eigenvalue weighted by Crippen LogP contribution is 2.45. The van der Waals surface area contributed by atoms with Crippen LogP contribution < -0.4 is 15.3 Å². The highest BCUT2D eigenvalue weighted by Gasteiger charge is 2.40. The van der Waals surface area contributed by atoms with E-state index < -0.39 is 5.60 Å². The number of hydrogen-bond acceptors (Lipinski definition) is 7. The summed E-state index contributed by atoms with van der Waals surface area (Å²) in [5.41, 5.74) is 4.50. The predicted molar refractivity (Wildman–Crippen MR) is 114 cm³/mol. The van der Waals surface area contributed by atoms with Gasteiger partial charge in [0.05, 0.1) is 31.1 Å². The molecule has 1 saturated carbocycles. The molecule has 2 aliphatic heterocycles. The quantitative estimate of drug-likeness (QED) is 0.671. The molecule has 4 heterocycles. The van der Waals surface area contributed by atoms with Crippen LogP contribution in [0.4, 0.5) is 17.5 Å². The number of terminal acetylenes is 1. The Morgan fingerprint density at radius 2 is 2.20 bits per heavy atom. The van der Waals surface area contributed by atoms with Crippen molar-refractivity contribution in [2.75, 3.05) is 29.7 Å². The van der Waals surface area contributed by atoms with Gasteiger partial charge in [-0.15, -0.1) is 12.3 Å². The van der Waals surface area contributed by atoms with Gasteiger partial charge in [-0.3, -0.25) is 5.10 Å². The maximum absolute atomic E-state index is 11.7. The molecule has 0 unspecified atom stereocenters. The standard InChI is InChI=1S/C22H28N6O2/c1-3-16-4-7-22(29,8-5-16)18-12-20(27-10-11-30-14-15(27)2)25-21-17(18)13-24-28(21)19-6-9-23-26-19/h1,6,9,12,15-16,24,29H,4-5,7-8,10-11,13-14H2,2H3,(H,23,26)/t15-,16?,22?/m1/s1. The van der Waals surface area contributed by atoms with E-state index in [1.54, 1.807) is 6.20 Å². The Kier molecular flexibility index (Phi) is 4.89. The van der Waals surface area contributed by atoms with Crippen LogP contribution in [0.3, 0.4) is 0 Å². The van der Waals surface area contributed by atoms with Gasteiger partial charge in [0.2, 0.25) is 0 Å². The zero-order chi connectivity index (χ0) is 20.7. The number of fused-ring (bicyclic) bond motifs is 1. The number of H-pyrrole nitrogens is 1. The van der Waals surface area contributed by atoms with Gasteiger partial charge in [0.1, 0.15) is 11.6 Å². The number of aliphatic hydroxyl groups is 1. The number of ether oxygens (including phenoxy) is 1. The number of hydrogen-bond donors (Lipinski definition) is 3. The molecule has 1 saturated heterocycles. The molecule has 3 N–H and O–H groups in total. The minimum absolute atomic E-state index is 0.221. The molecule has 0 amide bonds. The van der Waals surface area contributed by atoms with Crippen molar-refractivity contribution in [3.05, 3.63) is 29.5 Å². The van der Waals surface area contributed by atoms with E-state index in [0.717, 1.165) is 48.0 Å². The fourth-order valence-electron chi connectivity index (χ4n) is 4.87. The summed E-state index contributed by atoms with van der Waals surface area (Å²) in [5.74, 6) is 5.63. The monoisotopic (exact) mass is 408 g/mol. The molecule has 8 heteroatoms. The first-order valence-electron chi connectivity index (χ1n) is 10.7. The summed E-state index contributed by atoms with van der Waals surface area (Å²) in [6, 6.07) is 4.22. The van der Waals surface area contributed by atoms with Crippen LogP contribution in [0.2, 0.25) is 0 Å². The number of nitrogens with zero attached hydrogens (tertiary/aromatic N) is 4. The lowest BCUT2D eigenvalue weighted by Gasteiger charge is -2.38. The second kappa shape index (κ2) is 7.58. The van der Waals surface area contributed by atoms with E-state index in [-0.39, 0.29) is 12.0 Å². The molecule has 3 aliphatic rings. The summed E-state index contributed by atoms with van der Waals surface area (Å²) >= 11 is 0. The van der Waals surface area contributed by atoms with Crippen molar-refractivity contribution in [1.82, 2.24) is 20.6 Å². The summed E-state index contributed by atoms with van der Waals surface area (Å²) in [6.07, 6.45) is 10.4. The molecule has 0 aromatic carbocycles. The summed E-state index contributed by atoms with van der Waals surface area (Å²) in [5, 5.41) is 20.7. The SMILES string of the molecule is C#CC1CCC(O)(c2cc(N3CCOC[C@H]3C)nc3c2CNN3c2ccn[nH]2)CC1. The highest BCUT2D eigenvalue weighted by atomic mass is 16.5. The molecule has 2 aromatic heterocycles. The Balaban J connectivity index is 1.59. The van der Waals surface area contributed by atoms with E-state index >= 15 is 0 Å². The van der Waals surface area contributed by atoms with Crippen molar-refractivity contribution in [1.29, 1.82) is 0 Å². The molecule has 5 rings (SSSR count). The largest absolute Gasteiger partial charge is 0.385 e. The van der Waals surface area contributed by atoms with Crippen LogP contribution in [-0.4, -0.2) is 46.1 Å². The molecule has 158 valence electrons. The summed E-state index contributed by atoms with van der Waals surface area (Å²) in [7, 11) is 0. The van der Waals surface area contributed by atoms with Gasteiger partial charge in [0.15, 0.2) is 5.82 Å². The fraction of sp³-hybridized carbons (Fsp3) is 0.545. The molecular weight excluding hydrogens is 380 g/mol. The van der Waals surface area contributed by atoms with E-state index in [1.165, 1.54) is 0 Å². The molecule has 1 atom stereocenters. The lowest BCUT2D eigenvalue weighted by Crippen LogP contribution is -2.44. The zero-order valence-corrected chi connectivity index (χ0v) is 17.3. The average Bonchev–Trinajstić information content (AvgIpc) is 3.43. The van der Waals surface area contributed by atoms with E-state index in [4.69, 9.17) is 16.1 Å². The van der Waals surface area contributed by atoms with Crippen LogP contribution in [-0.2, 0) is 16.9 Å². The Labute approximate surface area is 176 Å². The smallest absolute Gasteiger partial charge is 0.156 e. The number of nitrogens with one attached hydrogen (secondary N) is 2. The lowest BCUT2D eigenvalue weighted by molar-refractivity contribution is -0.00860. The van der Waals surface area contributed by atoms with E-state index in [1.807, 2.05) is 11.1 Å². The third-order valence-electron chi connectivity index (χ3n) is 6.65. The summed E-state index contributed by atoms with van der Waals surface area (Å²) in [6.45, 7) is 4.88. The van der Waals surface area contributed by atoms with Gasteiger partial charge >= 0.3 is 0 Å². The van der Waals surface area contributed by atoms with Gasteiger partial charge in [-0.1, -0.05) is 0 Å². The molecule has 2 aromatic rings. The maximum Gasteiger partial charge on any atom is 0.156 e. The van der Waals surface area contributed by atoms with Gasteiger partial charge in [-0.2, -0.15) is 5.10 Å². The number of morpholine rings is 1. The molecule has 0 radical (unpaired) electrons. The number of anilines is 3. The number of hydrazine groups is 1. The second-order valence-corrected chi connectivity index (χ2v) is 8.53. The molecular formula is C22H28N6O2. The normalized spacial score (nSPS) is 29.0. The molecule has 0 spiro atoms. The second-order valence-electron chi connectivity index (χ2n) is 8.53. The van der Waals surface area contributed by atoms with Crippen LogP contribution >= 0.6 is 0 Å². The van der Waals surface area contributed by atoms with Crippen LogP contribution in [0.1, 0.15) is 43.7 Å². The van der Waals surface area contributed by atoms with Crippen molar-refractivity contribution in [2.45, 2.75) is 50.8 Å². The van der Waals surface area contributed by atoms with E-state index in [0.29, 0.717) is 32.6 Å². The molecule has 1 aliphatic carbocycles. The molecule has 0 bridgehead atoms. The lowest BCUT2D eigenvalue weighted by atomic mass is 9.74. The summed E-state index contributed by atoms with van der Waals surface area (Å²) in [4.78, 5) is 7.30. The maximum atomic E-state index is 11.7. The Morgan fingerprint density at radius 1 is 1.37 bits per heavy atom. The topological polar surface area (TPSA) is 89.5 Å². The van der Waals surface area contributed by atoms with Crippen molar-refractivity contribution >= 4 is 17.5 Å². The van der Waals surface area contributed by atoms with Crippen molar-refractivity contribution in [3.63, 3.8) is 0 Å². The highest BCUT2D eigenvalue weighted by molar-refractivity contribution is 5.67. The first-order valence-corrected chi connectivity index (χ1v) is 10.7. The van der Waals surface area contributed by atoms with Crippen molar-refractivity contribution in [3.8, 4) is 12.3 Å². The molecule has 8 nitrogen and oxygen atoms in total. The minimum Gasteiger partial charge on any atom is -0.385 e. The summed E-state index contributed by atoms with van der Waals surface area (Å²) < 4.78 is 5.62. The average molecular weight is 409 g/mol. The van der Waals surface area contributed by atoms with Gasteiger partial charge < -0.3 is 14.7 Å². The van der Waals surface area contributed by atoms with E-state index in [9.17, 15) is 5.11 Å². The number of rotatable bonds is 3. The molecule has 2 fully saturated rings. The fourth-order valence-corrected chi connectivity index (χ4v) is 4.87. The number of pyridine rings is 1. The first-order chi connectivity index (χ1) is 14.6. The Hall–Kier alpha value is -2.60. The van der Waals surface area contributed by atoms with E-state index in [2.05, 4.69) is 39.4 Å². The van der Waals surface area contributed by atoms with Gasteiger partial charge in [0.25, 0.3) is 0 Å². The van der Waals surface area contributed by atoms with Crippen molar-refractivity contribution in [2.24, 2.45) is 5.92 Å². The van der Waals surface area contributed by atoms with Gasteiger partial charge in [-0.05, 0) is 44.2 Å². The van der Waals surface area contributed by atoms with Crippen LogP contribution in [0.25, 0.3) is 0 Å².